The zero-order valence-electron chi connectivity index (χ0n) is 13.4. The molecule has 7 heteroatoms. The summed E-state index contributed by atoms with van der Waals surface area (Å²) in [6, 6.07) is 10.7. The van der Waals surface area contributed by atoms with Crippen molar-refractivity contribution >= 4 is 22.6 Å². The van der Waals surface area contributed by atoms with Crippen molar-refractivity contribution in [1.29, 1.82) is 0 Å². The number of fused-ring (bicyclic) bond motifs is 1. The van der Waals surface area contributed by atoms with Crippen LogP contribution in [0.25, 0.3) is 11.0 Å². The van der Waals surface area contributed by atoms with Crippen molar-refractivity contribution in [2.45, 2.75) is 32.2 Å². The van der Waals surface area contributed by atoms with Crippen LogP contribution in [0.15, 0.2) is 42.5 Å². The number of halogens is 4. The Morgan fingerprint density at radius 1 is 1.16 bits per heavy atom. The zero-order valence-corrected chi connectivity index (χ0v) is 14.1. The summed E-state index contributed by atoms with van der Waals surface area (Å²) in [5.74, 6) is 0.595. The van der Waals surface area contributed by atoms with E-state index in [1.807, 2.05) is 12.1 Å². The maximum absolute atomic E-state index is 12.9. The molecule has 1 N–H and O–H groups in total. The highest BCUT2D eigenvalue weighted by molar-refractivity contribution is 6.30. The lowest BCUT2D eigenvalue weighted by molar-refractivity contribution is -0.137. The van der Waals surface area contributed by atoms with E-state index >= 15 is 0 Å². The SMILES string of the molecule is CC(O)Cn1c(Cc2ccc(Cl)cc2)nc2cc(C(F)(F)F)ccc21. The van der Waals surface area contributed by atoms with Crippen molar-refractivity contribution in [2.24, 2.45) is 0 Å². The van der Waals surface area contributed by atoms with Crippen LogP contribution in [0.3, 0.4) is 0 Å². The van der Waals surface area contributed by atoms with E-state index in [1.165, 1.54) is 6.07 Å². The maximum atomic E-state index is 12.9. The summed E-state index contributed by atoms with van der Waals surface area (Å²) < 4.78 is 40.6. The first-order valence-electron chi connectivity index (χ1n) is 7.73. The zero-order chi connectivity index (χ0) is 18.2. The Morgan fingerprint density at radius 2 is 1.84 bits per heavy atom. The van der Waals surface area contributed by atoms with E-state index in [2.05, 4.69) is 4.98 Å². The molecule has 3 rings (SSSR count). The van der Waals surface area contributed by atoms with Gasteiger partial charge in [-0.3, -0.25) is 0 Å². The monoisotopic (exact) mass is 368 g/mol. The Hall–Kier alpha value is -2.05. The van der Waals surface area contributed by atoms with Gasteiger partial charge in [0.15, 0.2) is 0 Å². The van der Waals surface area contributed by atoms with E-state index in [0.717, 1.165) is 17.7 Å². The molecule has 2 aromatic carbocycles. The van der Waals surface area contributed by atoms with Gasteiger partial charge in [0.25, 0.3) is 0 Å². The molecule has 3 nitrogen and oxygen atoms in total. The van der Waals surface area contributed by atoms with Crippen molar-refractivity contribution in [3.63, 3.8) is 0 Å². The summed E-state index contributed by atoms with van der Waals surface area (Å²) >= 11 is 5.88. The van der Waals surface area contributed by atoms with Crippen LogP contribution in [0.2, 0.25) is 5.02 Å². The number of nitrogens with zero attached hydrogens (tertiary/aromatic N) is 2. The summed E-state index contributed by atoms with van der Waals surface area (Å²) in [5.41, 5.74) is 1.03. The Labute approximate surface area is 147 Å². The van der Waals surface area contributed by atoms with Gasteiger partial charge in [-0.1, -0.05) is 23.7 Å². The van der Waals surface area contributed by atoms with Gasteiger partial charge in [0, 0.05) is 11.4 Å². The highest BCUT2D eigenvalue weighted by atomic mass is 35.5. The third-order valence-corrected chi connectivity index (χ3v) is 4.13. The minimum absolute atomic E-state index is 0.255. The van der Waals surface area contributed by atoms with Gasteiger partial charge >= 0.3 is 6.18 Å². The fraction of sp³-hybridized carbons (Fsp3) is 0.278. The van der Waals surface area contributed by atoms with E-state index in [-0.39, 0.29) is 12.1 Å². The topological polar surface area (TPSA) is 38.0 Å². The molecule has 25 heavy (non-hydrogen) atoms. The third-order valence-electron chi connectivity index (χ3n) is 3.88. The Bertz CT molecular complexity index is 886. The minimum Gasteiger partial charge on any atom is -0.392 e. The Balaban J connectivity index is 2.07. The molecule has 0 amide bonds. The molecule has 0 aliphatic heterocycles. The predicted molar refractivity (Wildman–Crippen MR) is 90.7 cm³/mol. The Morgan fingerprint density at radius 3 is 2.44 bits per heavy atom. The van der Waals surface area contributed by atoms with E-state index in [9.17, 15) is 18.3 Å². The van der Waals surface area contributed by atoms with Gasteiger partial charge in [0.05, 0.1) is 29.2 Å². The summed E-state index contributed by atoms with van der Waals surface area (Å²) in [7, 11) is 0. The van der Waals surface area contributed by atoms with E-state index < -0.39 is 17.8 Å². The fourth-order valence-corrected chi connectivity index (χ4v) is 2.87. The molecule has 0 radical (unpaired) electrons. The second-order valence-electron chi connectivity index (χ2n) is 5.99. The Kier molecular flexibility index (Phi) is 4.75. The van der Waals surface area contributed by atoms with Gasteiger partial charge in [-0.25, -0.2) is 4.98 Å². The normalized spacial score (nSPS) is 13.4. The highest BCUT2D eigenvalue weighted by Crippen LogP contribution is 2.32. The summed E-state index contributed by atoms with van der Waals surface area (Å²) in [5, 5.41) is 10.4. The van der Waals surface area contributed by atoms with Crippen molar-refractivity contribution in [1.82, 2.24) is 9.55 Å². The molecule has 0 spiro atoms. The number of hydrogen-bond acceptors (Lipinski definition) is 2. The highest BCUT2D eigenvalue weighted by Gasteiger charge is 2.31. The number of benzene rings is 2. The smallest absolute Gasteiger partial charge is 0.392 e. The molecule has 3 aromatic rings. The number of imidazole rings is 1. The maximum Gasteiger partial charge on any atom is 0.416 e. The van der Waals surface area contributed by atoms with Crippen LogP contribution < -0.4 is 0 Å². The lowest BCUT2D eigenvalue weighted by Gasteiger charge is -2.12. The fourth-order valence-electron chi connectivity index (χ4n) is 2.74. The third kappa shape index (κ3) is 3.96. The van der Waals surface area contributed by atoms with Crippen LogP contribution in [0.5, 0.6) is 0 Å². The lowest BCUT2D eigenvalue weighted by Crippen LogP contribution is -2.14. The average molecular weight is 369 g/mol. The molecule has 0 aliphatic carbocycles. The van der Waals surface area contributed by atoms with Gasteiger partial charge in [0.2, 0.25) is 0 Å². The van der Waals surface area contributed by atoms with E-state index in [4.69, 9.17) is 11.6 Å². The minimum atomic E-state index is -4.42. The van der Waals surface area contributed by atoms with Gasteiger partial charge in [-0.2, -0.15) is 13.2 Å². The second kappa shape index (κ2) is 6.69. The number of aliphatic hydroxyl groups excluding tert-OH is 1. The molecule has 1 atom stereocenters. The molecule has 1 aromatic heterocycles. The van der Waals surface area contributed by atoms with Gasteiger partial charge in [0.1, 0.15) is 5.82 Å². The average Bonchev–Trinajstić information content (AvgIpc) is 2.85. The second-order valence-corrected chi connectivity index (χ2v) is 6.43. The van der Waals surface area contributed by atoms with Gasteiger partial charge in [-0.05, 0) is 42.8 Å². The largest absolute Gasteiger partial charge is 0.416 e. The van der Waals surface area contributed by atoms with Crippen molar-refractivity contribution in [3.05, 3.63) is 64.4 Å². The van der Waals surface area contributed by atoms with Crippen molar-refractivity contribution < 1.29 is 18.3 Å². The molecule has 1 heterocycles. The van der Waals surface area contributed by atoms with Crippen LogP contribution in [0, 0.1) is 0 Å². The molecular formula is C18H16ClF3N2O. The number of alkyl halides is 3. The number of hydrogen-bond donors (Lipinski definition) is 1. The molecule has 0 aliphatic rings. The van der Waals surface area contributed by atoms with Crippen LogP contribution in [-0.2, 0) is 19.1 Å². The molecule has 1 unspecified atom stereocenters. The first-order chi connectivity index (χ1) is 11.7. The first-order valence-corrected chi connectivity index (χ1v) is 8.10. The van der Waals surface area contributed by atoms with Crippen LogP contribution in [0.1, 0.15) is 23.9 Å². The van der Waals surface area contributed by atoms with Crippen LogP contribution >= 0.6 is 11.6 Å². The van der Waals surface area contributed by atoms with E-state index in [0.29, 0.717) is 22.8 Å². The quantitative estimate of drug-likeness (QED) is 0.726. The number of aromatic nitrogens is 2. The van der Waals surface area contributed by atoms with Gasteiger partial charge < -0.3 is 9.67 Å². The van der Waals surface area contributed by atoms with Gasteiger partial charge in [-0.15, -0.1) is 0 Å². The lowest BCUT2D eigenvalue weighted by atomic mass is 10.1. The first kappa shape index (κ1) is 17.8. The molecule has 0 fully saturated rings. The summed E-state index contributed by atoms with van der Waals surface area (Å²) in [6.07, 6.45) is -4.64. The number of rotatable bonds is 4. The standard InChI is InChI=1S/C18H16ClF3N2O/c1-11(25)10-24-16-7-4-13(18(20,21)22)9-15(16)23-17(24)8-12-2-5-14(19)6-3-12/h2-7,9,11,25H,8,10H2,1H3. The van der Waals surface area contributed by atoms with Crippen molar-refractivity contribution in [2.75, 3.05) is 0 Å². The van der Waals surface area contributed by atoms with E-state index in [1.54, 1.807) is 23.6 Å². The van der Waals surface area contributed by atoms with Crippen LogP contribution in [0.4, 0.5) is 13.2 Å². The molecular weight excluding hydrogens is 353 g/mol. The molecule has 0 saturated carbocycles. The molecule has 132 valence electrons. The predicted octanol–water partition coefficient (Wildman–Crippen LogP) is 4.68. The van der Waals surface area contributed by atoms with Crippen LogP contribution in [-0.4, -0.2) is 20.8 Å². The molecule has 0 saturated heterocycles. The number of aliphatic hydroxyl groups is 1. The molecule has 0 bridgehead atoms. The summed E-state index contributed by atoms with van der Waals surface area (Å²) in [6.45, 7) is 1.88. The summed E-state index contributed by atoms with van der Waals surface area (Å²) in [4.78, 5) is 4.38. The van der Waals surface area contributed by atoms with Crippen molar-refractivity contribution in [3.8, 4) is 0 Å².